The first-order chi connectivity index (χ1) is 9.70. The van der Waals surface area contributed by atoms with Gasteiger partial charge in [-0.05, 0) is 39.0 Å². The molecule has 5 nitrogen and oxygen atoms in total. The van der Waals surface area contributed by atoms with Crippen LogP contribution in [0.2, 0.25) is 0 Å². The first-order valence-corrected chi connectivity index (χ1v) is 7.75. The molecular weight excluding hydrogens is 258 g/mol. The molecular formula is C15H27NO4. The van der Waals surface area contributed by atoms with Gasteiger partial charge in [0.15, 0.2) is 0 Å². The van der Waals surface area contributed by atoms with E-state index in [0.717, 1.165) is 45.6 Å². The van der Waals surface area contributed by atoms with E-state index < -0.39 is 0 Å². The third kappa shape index (κ3) is 4.43. The monoisotopic (exact) mass is 285 g/mol. The molecule has 0 aromatic carbocycles. The first kappa shape index (κ1) is 15.7. The van der Waals surface area contributed by atoms with Crippen LogP contribution in [0.4, 0.5) is 0 Å². The molecule has 2 aliphatic rings. The topological polar surface area (TPSA) is 48.0 Å². The maximum Gasteiger partial charge on any atom is 0.322 e. The van der Waals surface area contributed by atoms with Crippen LogP contribution in [0.3, 0.4) is 0 Å². The average molecular weight is 285 g/mol. The molecule has 2 heterocycles. The van der Waals surface area contributed by atoms with Crippen LogP contribution in [-0.4, -0.2) is 62.5 Å². The van der Waals surface area contributed by atoms with Crippen LogP contribution < -0.4 is 0 Å². The summed E-state index contributed by atoms with van der Waals surface area (Å²) in [5, 5.41) is 0. The van der Waals surface area contributed by atoms with Gasteiger partial charge in [0.2, 0.25) is 0 Å². The molecule has 0 aromatic heterocycles. The summed E-state index contributed by atoms with van der Waals surface area (Å²) in [6.07, 6.45) is 6.11. The predicted molar refractivity (Wildman–Crippen MR) is 75.6 cm³/mol. The van der Waals surface area contributed by atoms with Gasteiger partial charge in [0.05, 0.1) is 25.9 Å². The van der Waals surface area contributed by atoms with Crippen LogP contribution in [-0.2, 0) is 19.0 Å². The van der Waals surface area contributed by atoms with E-state index in [0.29, 0.717) is 6.10 Å². The Hall–Kier alpha value is -0.650. The maximum atomic E-state index is 11.5. The number of nitrogens with zero attached hydrogens (tertiary/aromatic N) is 1. The van der Waals surface area contributed by atoms with Gasteiger partial charge in [0.25, 0.3) is 0 Å². The second-order valence-electron chi connectivity index (χ2n) is 5.76. The summed E-state index contributed by atoms with van der Waals surface area (Å²) in [5.74, 6) is -0.153. The Labute approximate surface area is 121 Å². The summed E-state index contributed by atoms with van der Waals surface area (Å²) in [4.78, 5) is 13.7. The number of piperidine rings is 1. The molecule has 20 heavy (non-hydrogen) atoms. The number of hydrogen-bond acceptors (Lipinski definition) is 5. The highest BCUT2D eigenvalue weighted by Crippen LogP contribution is 2.19. The summed E-state index contributed by atoms with van der Waals surface area (Å²) in [6.45, 7) is 5.29. The van der Waals surface area contributed by atoms with Crippen LogP contribution in [0.1, 0.15) is 39.0 Å². The van der Waals surface area contributed by atoms with Crippen molar-refractivity contribution in [2.75, 3.05) is 33.4 Å². The lowest BCUT2D eigenvalue weighted by Gasteiger charge is -2.35. The standard InChI is InChI=1S/C15H27NO4/c1-12(15(17)18-2)16-8-6-13(7-9-16)20-11-14-5-3-4-10-19-14/h12-14H,3-11H2,1-2H3. The van der Waals surface area contributed by atoms with E-state index in [9.17, 15) is 4.79 Å². The van der Waals surface area contributed by atoms with Gasteiger partial charge in [-0.1, -0.05) is 0 Å². The van der Waals surface area contributed by atoms with Crippen LogP contribution in [0.25, 0.3) is 0 Å². The summed E-state index contributed by atoms with van der Waals surface area (Å²) in [7, 11) is 1.44. The molecule has 0 saturated carbocycles. The molecule has 0 aliphatic carbocycles. The van der Waals surface area contributed by atoms with Crippen molar-refractivity contribution >= 4 is 5.97 Å². The van der Waals surface area contributed by atoms with Gasteiger partial charge >= 0.3 is 5.97 Å². The lowest BCUT2D eigenvalue weighted by Crippen LogP contribution is -2.46. The summed E-state index contributed by atoms with van der Waals surface area (Å²) >= 11 is 0. The van der Waals surface area contributed by atoms with Crippen LogP contribution >= 0.6 is 0 Å². The summed E-state index contributed by atoms with van der Waals surface area (Å²) < 4.78 is 16.4. The van der Waals surface area contributed by atoms with Crippen molar-refractivity contribution in [3.63, 3.8) is 0 Å². The van der Waals surface area contributed by atoms with Gasteiger partial charge in [-0.25, -0.2) is 0 Å². The van der Waals surface area contributed by atoms with Crippen molar-refractivity contribution in [2.45, 2.75) is 57.3 Å². The molecule has 0 radical (unpaired) electrons. The fraction of sp³-hybridized carbons (Fsp3) is 0.933. The Kier molecular flexibility index (Phi) is 6.26. The first-order valence-electron chi connectivity index (χ1n) is 7.75. The number of methoxy groups -OCH3 is 1. The van der Waals surface area contributed by atoms with Crippen molar-refractivity contribution in [2.24, 2.45) is 0 Å². The molecule has 0 aromatic rings. The average Bonchev–Trinajstić information content (AvgIpc) is 2.53. The van der Waals surface area contributed by atoms with E-state index in [1.807, 2.05) is 6.92 Å². The van der Waals surface area contributed by atoms with Crippen molar-refractivity contribution in [1.82, 2.24) is 4.90 Å². The maximum absolute atomic E-state index is 11.5. The van der Waals surface area contributed by atoms with E-state index in [-0.39, 0.29) is 18.1 Å². The number of likely N-dealkylation sites (tertiary alicyclic amines) is 1. The van der Waals surface area contributed by atoms with Gasteiger partial charge in [0, 0.05) is 19.7 Å². The Morgan fingerprint density at radius 3 is 2.65 bits per heavy atom. The number of ether oxygens (including phenoxy) is 3. The molecule has 116 valence electrons. The molecule has 0 N–H and O–H groups in total. The van der Waals surface area contributed by atoms with E-state index in [1.54, 1.807) is 0 Å². The second kappa shape index (κ2) is 7.96. The Morgan fingerprint density at radius 2 is 2.05 bits per heavy atom. The zero-order chi connectivity index (χ0) is 14.4. The van der Waals surface area contributed by atoms with E-state index in [4.69, 9.17) is 14.2 Å². The molecule has 0 amide bonds. The van der Waals surface area contributed by atoms with Crippen molar-refractivity contribution < 1.29 is 19.0 Å². The van der Waals surface area contributed by atoms with Crippen LogP contribution in [0.15, 0.2) is 0 Å². The number of carbonyl (C=O) groups is 1. The Bertz CT molecular complexity index is 296. The minimum absolute atomic E-state index is 0.150. The number of hydrogen-bond donors (Lipinski definition) is 0. The molecule has 2 unspecified atom stereocenters. The highest BCUT2D eigenvalue weighted by molar-refractivity contribution is 5.75. The van der Waals surface area contributed by atoms with Gasteiger partial charge in [-0.15, -0.1) is 0 Å². The summed E-state index contributed by atoms with van der Waals surface area (Å²) in [5.41, 5.74) is 0. The van der Waals surface area contributed by atoms with E-state index in [2.05, 4.69) is 4.90 Å². The summed E-state index contributed by atoms with van der Waals surface area (Å²) in [6, 6.07) is -0.150. The highest BCUT2D eigenvalue weighted by atomic mass is 16.5. The minimum atomic E-state index is -0.153. The molecule has 0 spiro atoms. The Morgan fingerprint density at radius 1 is 1.30 bits per heavy atom. The predicted octanol–water partition coefficient (Wildman–Crippen LogP) is 1.60. The van der Waals surface area contributed by atoms with Crippen LogP contribution in [0.5, 0.6) is 0 Å². The fourth-order valence-electron chi connectivity index (χ4n) is 2.93. The molecule has 2 aliphatic heterocycles. The second-order valence-corrected chi connectivity index (χ2v) is 5.76. The zero-order valence-corrected chi connectivity index (χ0v) is 12.7. The fourth-order valence-corrected chi connectivity index (χ4v) is 2.93. The van der Waals surface area contributed by atoms with Crippen molar-refractivity contribution in [3.05, 3.63) is 0 Å². The minimum Gasteiger partial charge on any atom is -0.468 e. The molecule has 2 fully saturated rings. The number of carbonyl (C=O) groups excluding carboxylic acids is 1. The third-order valence-electron chi connectivity index (χ3n) is 4.36. The van der Waals surface area contributed by atoms with Gasteiger partial charge in [-0.3, -0.25) is 9.69 Å². The smallest absolute Gasteiger partial charge is 0.322 e. The van der Waals surface area contributed by atoms with Gasteiger partial charge in [0.1, 0.15) is 6.04 Å². The van der Waals surface area contributed by atoms with Gasteiger partial charge < -0.3 is 14.2 Å². The normalized spacial score (nSPS) is 27.2. The molecule has 2 atom stereocenters. The zero-order valence-electron chi connectivity index (χ0n) is 12.7. The largest absolute Gasteiger partial charge is 0.468 e. The molecule has 2 rings (SSSR count). The lowest BCUT2D eigenvalue weighted by molar-refractivity contribution is -0.147. The van der Waals surface area contributed by atoms with Crippen molar-refractivity contribution in [3.8, 4) is 0 Å². The van der Waals surface area contributed by atoms with E-state index >= 15 is 0 Å². The van der Waals surface area contributed by atoms with Gasteiger partial charge in [-0.2, -0.15) is 0 Å². The number of esters is 1. The Balaban J connectivity index is 1.65. The van der Waals surface area contributed by atoms with Crippen molar-refractivity contribution in [1.29, 1.82) is 0 Å². The molecule has 0 bridgehead atoms. The van der Waals surface area contributed by atoms with Crippen LogP contribution in [0, 0.1) is 0 Å². The number of rotatable bonds is 5. The third-order valence-corrected chi connectivity index (χ3v) is 4.36. The molecule has 2 saturated heterocycles. The molecule has 5 heteroatoms. The quantitative estimate of drug-likeness (QED) is 0.718. The highest BCUT2D eigenvalue weighted by Gasteiger charge is 2.28. The van der Waals surface area contributed by atoms with E-state index in [1.165, 1.54) is 20.0 Å². The lowest BCUT2D eigenvalue weighted by atomic mass is 10.1. The SMILES string of the molecule is COC(=O)C(C)N1CCC(OCC2CCCCO2)CC1.